The van der Waals surface area contributed by atoms with Crippen molar-refractivity contribution in [2.24, 2.45) is 0 Å². The summed E-state index contributed by atoms with van der Waals surface area (Å²) in [4.78, 5) is 27.9. The number of nitrogens with zero attached hydrogens (tertiary/aromatic N) is 4. The van der Waals surface area contributed by atoms with Gasteiger partial charge in [-0.2, -0.15) is 5.10 Å². The average molecular weight is 399 g/mol. The van der Waals surface area contributed by atoms with Gasteiger partial charge in [0.2, 0.25) is 5.91 Å². The van der Waals surface area contributed by atoms with Crippen molar-refractivity contribution in [3.63, 3.8) is 0 Å². The van der Waals surface area contributed by atoms with Gasteiger partial charge in [0.25, 0.3) is 0 Å². The summed E-state index contributed by atoms with van der Waals surface area (Å²) in [7, 11) is 0. The Morgan fingerprint density at radius 1 is 1.32 bits per heavy atom. The van der Waals surface area contributed by atoms with Crippen LogP contribution in [0.15, 0.2) is 36.7 Å². The Balaban J connectivity index is 1.60. The molecule has 0 radical (unpaired) electrons. The van der Waals surface area contributed by atoms with E-state index in [-0.39, 0.29) is 24.6 Å². The number of anilines is 1. The number of benzene rings is 1. The van der Waals surface area contributed by atoms with Crippen molar-refractivity contribution in [1.82, 2.24) is 14.8 Å². The third-order valence-electron chi connectivity index (χ3n) is 4.21. The molecule has 0 fully saturated rings. The van der Waals surface area contributed by atoms with Crippen LogP contribution in [0.5, 0.6) is 0 Å². The van der Waals surface area contributed by atoms with E-state index in [9.17, 15) is 14.9 Å². The molecule has 2 heterocycles. The minimum absolute atomic E-state index is 0.0921. The van der Waals surface area contributed by atoms with Crippen molar-refractivity contribution in [3.05, 3.63) is 57.2 Å². The first-order chi connectivity index (χ1) is 13.5. The molecule has 0 atom stereocenters. The molecule has 0 saturated heterocycles. The Kier molecular flexibility index (Phi) is 6.15. The van der Waals surface area contributed by atoms with Crippen molar-refractivity contribution < 1.29 is 9.72 Å². The molecule has 9 heteroatoms. The molecule has 0 aliphatic rings. The van der Waals surface area contributed by atoms with Crippen LogP contribution in [-0.4, -0.2) is 25.6 Å². The van der Waals surface area contributed by atoms with Gasteiger partial charge >= 0.3 is 5.69 Å². The second-order valence-electron chi connectivity index (χ2n) is 6.39. The van der Waals surface area contributed by atoms with Crippen LogP contribution in [0.4, 0.5) is 10.8 Å². The van der Waals surface area contributed by atoms with Gasteiger partial charge in [0.05, 0.1) is 10.6 Å². The number of thiazole rings is 1. The predicted molar refractivity (Wildman–Crippen MR) is 108 cm³/mol. The van der Waals surface area contributed by atoms with Crippen molar-refractivity contribution >= 4 is 28.1 Å². The van der Waals surface area contributed by atoms with E-state index in [2.05, 4.69) is 46.6 Å². The zero-order chi connectivity index (χ0) is 20.1. The number of carbonyl (C=O) groups is 1. The number of aryl methyl sites for hydroxylation is 3. The van der Waals surface area contributed by atoms with Crippen LogP contribution < -0.4 is 5.32 Å². The van der Waals surface area contributed by atoms with Gasteiger partial charge in [-0.15, -0.1) is 11.3 Å². The number of carbonyl (C=O) groups excluding carboxylic acids is 1. The van der Waals surface area contributed by atoms with E-state index in [0.29, 0.717) is 5.13 Å². The van der Waals surface area contributed by atoms with Gasteiger partial charge in [-0.3, -0.25) is 19.6 Å². The molecular formula is C19H21N5O3S. The number of aromatic nitrogens is 3. The molecule has 28 heavy (non-hydrogen) atoms. The lowest BCUT2D eigenvalue weighted by Crippen LogP contribution is -2.14. The van der Waals surface area contributed by atoms with E-state index < -0.39 is 4.92 Å². The van der Waals surface area contributed by atoms with Gasteiger partial charge in [0.1, 0.15) is 12.4 Å². The van der Waals surface area contributed by atoms with Crippen molar-refractivity contribution in [1.29, 1.82) is 0 Å². The van der Waals surface area contributed by atoms with E-state index in [1.165, 1.54) is 34.0 Å². The molecule has 0 spiro atoms. The maximum atomic E-state index is 12.2. The summed E-state index contributed by atoms with van der Waals surface area (Å²) in [6.07, 6.45) is 4.79. The van der Waals surface area contributed by atoms with Crippen molar-refractivity contribution in [3.8, 4) is 11.3 Å². The summed E-state index contributed by atoms with van der Waals surface area (Å²) in [6.45, 7) is 4.39. The quantitative estimate of drug-likeness (QED) is 0.451. The topological polar surface area (TPSA) is 103 Å². The normalized spacial score (nSPS) is 10.8. The first kappa shape index (κ1) is 19.7. The molecule has 3 rings (SSSR count). The molecule has 8 nitrogen and oxygen atoms in total. The number of hydrogen-bond acceptors (Lipinski definition) is 6. The van der Waals surface area contributed by atoms with E-state index in [1.807, 2.05) is 6.92 Å². The van der Waals surface area contributed by atoms with Gasteiger partial charge in [-0.05, 0) is 18.9 Å². The third kappa shape index (κ3) is 4.80. The smallest absolute Gasteiger partial charge is 0.302 e. The summed E-state index contributed by atoms with van der Waals surface area (Å²) in [5.41, 5.74) is 3.10. The molecule has 0 saturated carbocycles. The van der Waals surface area contributed by atoms with Crippen LogP contribution in [0, 0.1) is 17.0 Å². The number of amides is 1. The number of nitro groups is 1. The van der Waals surface area contributed by atoms with Crippen LogP contribution in [0.3, 0.4) is 0 Å². The lowest BCUT2D eigenvalue weighted by molar-refractivity contribution is -0.385. The number of hydrogen-bond donors (Lipinski definition) is 1. The second-order valence-corrected chi connectivity index (χ2v) is 7.59. The minimum atomic E-state index is -0.516. The number of rotatable bonds is 8. The third-order valence-corrected chi connectivity index (χ3v) is 5.09. The average Bonchev–Trinajstić information content (AvgIpc) is 3.28. The van der Waals surface area contributed by atoms with Crippen LogP contribution in [0.2, 0.25) is 0 Å². The number of nitrogens with one attached hydrogen (secondary N) is 1. The largest absolute Gasteiger partial charge is 0.306 e. The zero-order valence-corrected chi connectivity index (χ0v) is 16.5. The first-order valence-corrected chi connectivity index (χ1v) is 9.81. The van der Waals surface area contributed by atoms with Gasteiger partial charge in [0, 0.05) is 23.4 Å². The molecule has 0 bridgehead atoms. The molecule has 1 aromatic carbocycles. The molecule has 146 valence electrons. The highest BCUT2D eigenvalue weighted by atomic mass is 32.1. The molecule has 0 aliphatic carbocycles. The van der Waals surface area contributed by atoms with Crippen LogP contribution >= 0.6 is 11.3 Å². The fraction of sp³-hybridized carbons (Fsp3) is 0.316. The molecule has 3 aromatic rings. The van der Waals surface area contributed by atoms with Gasteiger partial charge < -0.3 is 5.32 Å². The Hall–Kier alpha value is -3.07. The lowest BCUT2D eigenvalue weighted by atomic mass is 10.1. The van der Waals surface area contributed by atoms with E-state index in [4.69, 9.17) is 0 Å². The predicted octanol–water partition coefficient (Wildman–Crippen LogP) is 4.20. The molecular weight excluding hydrogens is 378 g/mol. The highest BCUT2D eigenvalue weighted by Gasteiger charge is 2.13. The van der Waals surface area contributed by atoms with Crippen molar-refractivity contribution in [2.45, 2.75) is 39.7 Å². The fourth-order valence-electron chi connectivity index (χ4n) is 2.80. The van der Waals surface area contributed by atoms with E-state index >= 15 is 0 Å². The Morgan fingerprint density at radius 2 is 2.07 bits per heavy atom. The maximum Gasteiger partial charge on any atom is 0.306 e. The second kappa shape index (κ2) is 8.75. The summed E-state index contributed by atoms with van der Waals surface area (Å²) in [5, 5.41) is 17.9. The Morgan fingerprint density at radius 3 is 2.71 bits per heavy atom. The van der Waals surface area contributed by atoms with E-state index in [1.54, 1.807) is 0 Å². The van der Waals surface area contributed by atoms with Crippen LogP contribution in [0.1, 0.15) is 30.2 Å². The van der Waals surface area contributed by atoms with Crippen LogP contribution in [-0.2, 0) is 17.8 Å². The summed E-state index contributed by atoms with van der Waals surface area (Å²) >= 11 is 1.43. The summed E-state index contributed by atoms with van der Waals surface area (Å²) in [6, 6.07) is 8.34. The molecule has 2 aromatic heterocycles. The van der Waals surface area contributed by atoms with Crippen molar-refractivity contribution in [2.75, 3.05) is 5.32 Å². The Bertz CT molecular complexity index is 978. The minimum Gasteiger partial charge on any atom is -0.302 e. The first-order valence-electron chi connectivity index (χ1n) is 8.99. The lowest BCUT2D eigenvalue weighted by Gasteiger charge is -2.03. The monoisotopic (exact) mass is 399 g/mol. The molecule has 0 unspecified atom stereocenters. The Labute approximate surface area is 166 Å². The molecule has 1 amide bonds. The highest BCUT2D eigenvalue weighted by Crippen LogP contribution is 2.30. The SMILES string of the molecule is CCCc1ccc(-c2nc(NC(=O)CCn3cc([N+](=O)[O-])cn3)sc2C)cc1. The maximum absolute atomic E-state index is 12.2. The summed E-state index contributed by atoms with van der Waals surface area (Å²) < 4.78 is 1.38. The van der Waals surface area contributed by atoms with Gasteiger partial charge in [-0.1, -0.05) is 37.6 Å². The summed E-state index contributed by atoms with van der Waals surface area (Å²) in [5.74, 6) is -0.211. The highest BCUT2D eigenvalue weighted by molar-refractivity contribution is 7.16. The van der Waals surface area contributed by atoms with Crippen LogP contribution in [0.25, 0.3) is 11.3 Å². The standard InChI is InChI=1S/C19H21N5O3S/c1-3-4-14-5-7-15(8-6-14)18-13(2)28-19(22-18)21-17(25)9-10-23-12-16(11-20-23)24(26)27/h5-8,11-12H,3-4,9-10H2,1-2H3,(H,21,22,25). The van der Waals surface area contributed by atoms with Gasteiger partial charge in [0.15, 0.2) is 5.13 Å². The fourth-order valence-corrected chi connectivity index (χ4v) is 3.65. The molecule has 0 aliphatic heterocycles. The molecule has 1 N–H and O–H groups in total. The van der Waals surface area contributed by atoms with E-state index in [0.717, 1.165) is 29.0 Å². The van der Waals surface area contributed by atoms with Gasteiger partial charge in [-0.25, -0.2) is 4.98 Å². The zero-order valence-electron chi connectivity index (χ0n) is 15.7.